The van der Waals surface area contributed by atoms with Crippen LogP contribution in [0.15, 0.2) is 0 Å². The molecule has 184 valence electrons. The number of carbonyl (C=O) groups excluding carboxylic acids is 4. The molecule has 0 spiro atoms. The molecule has 0 aliphatic carbocycles. The summed E-state index contributed by atoms with van der Waals surface area (Å²) in [5.41, 5.74) is 16.0. The molecule has 12 N–H and O–H groups in total. The van der Waals surface area contributed by atoms with Crippen LogP contribution in [0.1, 0.15) is 39.0 Å². The Balaban J connectivity index is 5.24. The normalized spacial score (nSPS) is 15.5. The molecule has 5 unspecified atom stereocenters. The van der Waals surface area contributed by atoms with Crippen LogP contribution >= 0.6 is 0 Å². The lowest BCUT2D eigenvalue weighted by Gasteiger charge is -2.24. The van der Waals surface area contributed by atoms with E-state index in [1.54, 1.807) is 0 Å². The lowest BCUT2D eigenvalue weighted by Crippen LogP contribution is -2.58. The first-order valence-electron chi connectivity index (χ1n) is 10.1. The van der Waals surface area contributed by atoms with Gasteiger partial charge in [-0.3, -0.25) is 19.2 Å². The van der Waals surface area contributed by atoms with Gasteiger partial charge >= 0.3 is 5.97 Å². The highest BCUT2D eigenvalue weighted by Crippen LogP contribution is 2.04. The number of aliphatic hydroxyl groups is 2. The largest absolute Gasteiger partial charge is 0.480 e. The molecule has 4 amide bonds. The van der Waals surface area contributed by atoms with Crippen LogP contribution in [0.4, 0.5) is 0 Å². The summed E-state index contributed by atoms with van der Waals surface area (Å²) in [6, 6.07) is -5.44. The summed E-state index contributed by atoms with van der Waals surface area (Å²) in [5, 5.41) is 34.9. The number of hydrogen-bond donors (Lipinski definition) is 9. The zero-order valence-electron chi connectivity index (χ0n) is 18.0. The van der Waals surface area contributed by atoms with Crippen molar-refractivity contribution in [1.82, 2.24) is 16.0 Å². The Kier molecular flexibility index (Phi) is 13.7. The monoisotopic (exact) mass is 462 g/mol. The second kappa shape index (κ2) is 15.1. The van der Waals surface area contributed by atoms with E-state index in [0.717, 1.165) is 0 Å². The molecule has 14 heteroatoms. The Morgan fingerprint density at radius 2 is 1.41 bits per heavy atom. The fraction of sp³-hybridized carbons (Fsp3) is 0.722. The summed E-state index contributed by atoms with van der Waals surface area (Å²) in [6.07, 6.45) is -0.622. The van der Waals surface area contributed by atoms with Crippen LogP contribution in [0.25, 0.3) is 0 Å². The number of nitrogens with two attached hydrogens (primary N) is 3. The van der Waals surface area contributed by atoms with Gasteiger partial charge in [-0.1, -0.05) is 0 Å². The fourth-order valence-corrected chi connectivity index (χ4v) is 2.53. The molecule has 0 rings (SSSR count). The van der Waals surface area contributed by atoms with Crippen molar-refractivity contribution >= 4 is 29.6 Å². The predicted molar refractivity (Wildman–Crippen MR) is 112 cm³/mol. The minimum Gasteiger partial charge on any atom is -0.480 e. The minimum absolute atomic E-state index is 0.136. The average Bonchev–Trinajstić information content (AvgIpc) is 2.72. The summed E-state index contributed by atoms with van der Waals surface area (Å²) < 4.78 is 0. The molecule has 0 bridgehead atoms. The first kappa shape index (κ1) is 29.2. The highest BCUT2D eigenvalue weighted by molar-refractivity contribution is 5.94. The molecular formula is C18H34N6O8. The van der Waals surface area contributed by atoms with Gasteiger partial charge in [-0.05, 0) is 39.2 Å². The van der Waals surface area contributed by atoms with Crippen molar-refractivity contribution in [3.05, 3.63) is 0 Å². The van der Waals surface area contributed by atoms with Gasteiger partial charge in [0.15, 0.2) is 0 Å². The first-order valence-corrected chi connectivity index (χ1v) is 10.1. The van der Waals surface area contributed by atoms with Gasteiger partial charge in [0.1, 0.15) is 24.2 Å². The van der Waals surface area contributed by atoms with E-state index in [1.807, 2.05) is 0 Å². The Bertz CT molecular complexity index is 659. The molecule has 0 aliphatic rings. The van der Waals surface area contributed by atoms with Crippen LogP contribution in [0.5, 0.6) is 0 Å². The average molecular weight is 463 g/mol. The number of hydrogen-bond acceptors (Lipinski definition) is 9. The van der Waals surface area contributed by atoms with Crippen molar-refractivity contribution in [3.63, 3.8) is 0 Å². The zero-order valence-corrected chi connectivity index (χ0v) is 18.0. The van der Waals surface area contributed by atoms with Crippen molar-refractivity contribution in [1.29, 1.82) is 0 Å². The SMILES string of the molecule is CC(O)C(N)C(=O)NC(CCCCN)C(=O)NC(CO)C(=O)NC(CCC(N)=O)C(=O)O. The second-order valence-corrected chi connectivity index (χ2v) is 7.26. The van der Waals surface area contributed by atoms with E-state index in [4.69, 9.17) is 22.3 Å². The number of carboxylic acid groups (broad SMARTS) is 1. The van der Waals surface area contributed by atoms with Crippen LogP contribution in [0, 0.1) is 0 Å². The number of aliphatic hydroxyl groups excluding tert-OH is 2. The number of unbranched alkanes of at least 4 members (excludes halogenated alkanes) is 1. The highest BCUT2D eigenvalue weighted by Gasteiger charge is 2.30. The fourth-order valence-electron chi connectivity index (χ4n) is 2.53. The smallest absolute Gasteiger partial charge is 0.326 e. The summed E-state index contributed by atoms with van der Waals surface area (Å²) in [6.45, 7) is 0.784. The van der Waals surface area contributed by atoms with Crippen molar-refractivity contribution in [2.75, 3.05) is 13.2 Å². The third kappa shape index (κ3) is 11.0. The van der Waals surface area contributed by atoms with Crippen molar-refractivity contribution in [2.45, 2.75) is 69.3 Å². The number of aliphatic carboxylic acids is 1. The van der Waals surface area contributed by atoms with Gasteiger partial charge in [-0.2, -0.15) is 0 Å². The lowest BCUT2D eigenvalue weighted by molar-refractivity contribution is -0.143. The number of rotatable bonds is 16. The van der Waals surface area contributed by atoms with Crippen molar-refractivity contribution in [2.24, 2.45) is 17.2 Å². The number of primary amides is 1. The van der Waals surface area contributed by atoms with Crippen molar-refractivity contribution in [3.8, 4) is 0 Å². The molecule has 0 aliphatic heterocycles. The molecule has 0 fully saturated rings. The first-order chi connectivity index (χ1) is 14.9. The Morgan fingerprint density at radius 3 is 1.88 bits per heavy atom. The van der Waals surface area contributed by atoms with E-state index in [9.17, 15) is 34.2 Å². The Morgan fingerprint density at radius 1 is 0.875 bits per heavy atom. The molecule has 5 atom stereocenters. The van der Waals surface area contributed by atoms with Gasteiger partial charge in [0.2, 0.25) is 23.6 Å². The number of carboxylic acids is 1. The zero-order chi connectivity index (χ0) is 24.8. The van der Waals surface area contributed by atoms with Gasteiger partial charge in [0, 0.05) is 6.42 Å². The standard InChI is InChI=1S/C18H34N6O8/c1-9(26)14(21)17(30)22-10(4-2-3-7-19)15(28)24-12(8-25)16(29)23-11(18(31)32)5-6-13(20)27/h9-12,14,25-26H,2-8,19,21H2,1H3,(H2,20,27)(H,22,30)(H,23,29)(H,24,28)(H,31,32). The van der Waals surface area contributed by atoms with Crippen LogP contribution in [0.2, 0.25) is 0 Å². The molecule has 0 aromatic heterocycles. The molecule has 14 nitrogen and oxygen atoms in total. The number of amides is 4. The summed E-state index contributed by atoms with van der Waals surface area (Å²) in [4.78, 5) is 59.3. The third-order valence-corrected chi connectivity index (χ3v) is 4.51. The van der Waals surface area contributed by atoms with E-state index < -0.39 is 66.5 Å². The van der Waals surface area contributed by atoms with Crippen LogP contribution in [0.3, 0.4) is 0 Å². The van der Waals surface area contributed by atoms with E-state index in [2.05, 4.69) is 16.0 Å². The summed E-state index contributed by atoms with van der Waals surface area (Å²) >= 11 is 0. The van der Waals surface area contributed by atoms with E-state index in [1.165, 1.54) is 6.92 Å². The van der Waals surface area contributed by atoms with Gasteiger partial charge in [0.05, 0.1) is 12.7 Å². The molecule has 0 heterocycles. The minimum atomic E-state index is -1.53. The van der Waals surface area contributed by atoms with E-state index in [-0.39, 0.29) is 19.3 Å². The molecule has 0 radical (unpaired) electrons. The van der Waals surface area contributed by atoms with Gasteiger partial charge in [0.25, 0.3) is 0 Å². The maximum absolute atomic E-state index is 12.6. The molecular weight excluding hydrogens is 428 g/mol. The molecule has 0 saturated carbocycles. The summed E-state index contributed by atoms with van der Waals surface area (Å²) in [5.74, 6) is -4.82. The highest BCUT2D eigenvalue weighted by atomic mass is 16.4. The van der Waals surface area contributed by atoms with Gasteiger partial charge < -0.3 is 48.5 Å². The van der Waals surface area contributed by atoms with Crippen LogP contribution in [-0.4, -0.2) is 88.3 Å². The second-order valence-electron chi connectivity index (χ2n) is 7.26. The number of nitrogens with one attached hydrogen (secondary N) is 3. The van der Waals surface area contributed by atoms with Gasteiger partial charge in [-0.25, -0.2) is 4.79 Å². The maximum Gasteiger partial charge on any atom is 0.326 e. The van der Waals surface area contributed by atoms with E-state index in [0.29, 0.717) is 19.4 Å². The van der Waals surface area contributed by atoms with Crippen molar-refractivity contribution < 1.29 is 39.3 Å². The number of carbonyl (C=O) groups is 5. The van der Waals surface area contributed by atoms with Crippen LogP contribution in [-0.2, 0) is 24.0 Å². The summed E-state index contributed by atoms with van der Waals surface area (Å²) in [7, 11) is 0. The Labute approximate surface area is 185 Å². The Hall–Kier alpha value is -2.81. The molecule has 0 aromatic carbocycles. The topological polar surface area (TPSA) is 260 Å². The maximum atomic E-state index is 12.6. The predicted octanol–water partition coefficient (Wildman–Crippen LogP) is -4.38. The quantitative estimate of drug-likeness (QED) is 0.0994. The van der Waals surface area contributed by atoms with E-state index >= 15 is 0 Å². The molecule has 32 heavy (non-hydrogen) atoms. The lowest BCUT2D eigenvalue weighted by atomic mass is 10.1. The molecule has 0 aromatic rings. The molecule has 0 saturated heterocycles. The third-order valence-electron chi connectivity index (χ3n) is 4.51. The van der Waals surface area contributed by atoms with Crippen LogP contribution < -0.4 is 33.2 Å². The van der Waals surface area contributed by atoms with Gasteiger partial charge in [-0.15, -0.1) is 0 Å².